The van der Waals surface area contributed by atoms with E-state index in [1.165, 1.54) is 66.4 Å². The molecule has 2 aliphatic rings. The second kappa shape index (κ2) is 13.0. The molecule has 0 radical (unpaired) electrons. The zero-order valence-corrected chi connectivity index (χ0v) is 33.2. The summed E-state index contributed by atoms with van der Waals surface area (Å²) in [6.07, 6.45) is 0. The monoisotopic (exact) mass is 775 g/mol. The summed E-state index contributed by atoms with van der Waals surface area (Å²) in [4.78, 5) is 2.44. The van der Waals surface area contributed by atoms with Crippen LogP contribution in [0.3, 0.4) is 0 Å². The highest BCUT2D eigenvalue weighted by Gasteiger charge is 2.51. The number of hydrogen-bond acceptors (Lipinski definition) is 2. The minimum atomic E-state index is -0.444. The first-order valence-corrected chi connectivity index (χ1v) is 21.1. The third-order valence-corrected chi connectivity index (χ3v) is 13.3. The normalized spacial score (nSPS) is 13.0. The molecule has 0 amide bonds. The van der Waals surface area contributed by atoms with Gasteiger partial charge in [-0.2, -0.15) is 0 Å². The van der Waals surface area contributed by atoms with E-state index in [0.29, 0.717) is 0 Å². The second-order valence-corrected chi connectivity index (χ2v) is 16.4. The summed E-state index contributed by atoms with van der Waals surface area (Å²) in [6.45, 7) is 0. The molecule has 0 unspecified atom stereocenters. The fraction of sp³-hybridized carbons (Fsp3) is 0.0169. The fourth-order valence-corrected chi connectivity index (χ4v) is 10.7. The highest BCUT2D eigenvalue weighted by atomic mass is 16.3. The SMILES string of the molecule is c1cc(-c2cccc3oc4ccccc4c23)cc(N(c2ccc(-c3ccc4ccccc4c3)cc2)c2ccc3c(c2)C2(c4ccccc4-c4ccccc42)c2ccccc2-3)c1. The lowest BCUT2D eigenvalue weighted by molar-refractivity contribution is 0.669. The van der Waals surface area contributed by atoms with E-state index in [0.717, 1.165) is 50.1 Å². The molecule has 11 aromatic rings. The second-order valence-electron chi connectivity index (χ2n) is 16.4. The van der Waals surface area contributed by atoms with Crippen molar-refractivity contribution >= 4 is 49.8 Å². The zero-order chi connectivity index (χ0) is 40.1. The average Bonchev–Trinajstić information content (AvgIpc) is 3.96. The van der Waals surface area contributed by atoms with Crippen molar-refractivity contribution < 1.29 is 4.42 Å². The van der Waals surface area contributed by atoms with Crippen molar-refractivity contribution in [2.45, 2.75) is 5.41 Å². The van der Waals surface area contributed by atoms with Crippen molar-refractivity contribution in [1.82, 2.24) is 0 Å². The molecule has 1 heterocycles. The quantitative estimate of drug-likeness (QED) is 0.173. The van der Waals surface area contributed by atoms with Gasteiger partial charge in [-0.1, -0.05) is 170 Å². The van der Waals surface area contributed by atoms with Gasteiger partial charge in [0.15, 0.2) is 0 Å². The minimum Gasteiger partial charge on any atom is -0.456 e. The predicted octanol–water partition coefficient (Wildman–Crippen LogP) is 15.9. The van der Waals surface area contributed by atoms with Gasteiger partial charge in [0.1, 0.15) is 11.2 Å². The Balaban J connectivity index is 1.03. The molecule has 0 N–H and O–H groups in total. The van der Waals surface area contributed by atoms with Crippen LogP contribution in [-0.2, 0) is 5.41 Å². The van der Waals surface area contributed by atoms with Crippen LogP contribution in [0.4, 0.5) is 17.1 Å². The molecule has 0 saturated heterocycles. The molecule has 284 valence electrons. The molecule has 2 aliphatic carbocycles. The largest absolute Gasteiger partial charge is 0.456 e. The van der Waals surface area contributed by atoms with E-state index in [1.807, 2.05) is 6.07 Å². The lowest BCUT2D eigenvalue weighted by atomic mass is 9.70. The van der Waals surface area contributed by atoms with Crippen LogP contribution >= 0.6 is 0 Å². The topological polar surface area (TPSA) is 16.4 Å². The number of nitrogens with zero attached hydrogens (tertiary/aromatic N) is 1. The minimum absolute atomic E-state index is 0.444. The molecule has 0 aliphatic heterocycles. The Hall–Kier alpha value is -7.94. The third-order valence-electron chi connectivity index (χ3n) is 13.3. The van der Waals surface area contributed by atoms with E-state index in [9.17, 15) is 0 Å². The van der Waals surface area contributed by atoms with Crippen LogP contribution < -0.4 is 4.90 Å². The van der Waals surface area contributed by atoms with E-state index in [4.69, 9.17) is 4.42 Å². The van der Waals surface area contributed by atoms with E-state index >= 15 is 0 Å². The van der Waals surface area contributed by atoms with Gasteiger partial charge in [0.2, 0.25) is 0 Å². The Labute approximate surface area is 354 Å². The predicted molar refractivity (Wildman–Crippen MR) is 253 cm³/mol. The summed E-state index contributed by atoms with van der Waals surface area (Å²) in [7, 11) is 0. The number of rotatable bonds is 5. The fourth-order valence-electron chi connectivity index (χ4n) is 10.7. The van der Waals surface area contributed by atoms with Gasteiger partial charge < -0.3 is 9.32 Å². The first-order valence-electron chi connectivity index (χ1n) is 21.1. The average molecular weight is 776 g/mol. The lowest BCUT2D eigenvalue weighted by Gasteiger charge is -2.32. The van der Waals surface area contributed by atoms with E-state index in [-0.39, 0.29) is 0 Å². The highest BCUT2D eigenvalue weighted by Crippen LogP contribution is 2.63. The van der Waals surface area contributed by atoms with Gasteiger partial charge in [-0.25, -0.2) is 0 Å². The van der Waals surface area contributed by atoms with Crippen LogP contribution in [0.1, 0.15) is 22.3 Å². The molecule has 0 fully saturated rings. The maximum atomic E-state index is 6.36. The smallest absolute Gasteiger partial charge is 0.136 e. The first-order chi connectivity index (χ1) is 30.2. The van der Waals surface area contributed by atoms with Gasteiger partial charge in [-0.3, -0.25) is 0 Å². The molecular formula is C59H37NO. The van der Waals surface area contributed by atoms with E-state index in [1.54, 1.807) is 0 Å². The van der Waals surface area contributed by atoms with Crippen LogP contribution in [0.25, 0.3) is 77.2 Å². The summed E-state index contributed by atoms with van der Waals surface area (Å²) in [5, 5.41) is 4.75. The number of furan rings is 1. The molecule has 2 nitrogen and oxygen atoms in total. The van der Waals surface area contributed by atoms with Gasteiger partial charge in [0, 0.05) is 27.8 Å². The van der Waals surface area contributed by atoms with Crippen LogP contribution in [0, 0.1) is 0 Å². The molecule has 13 rings (SSSR count). The van der Waals surface area contributed by atoms with E-state index in [2.05, 4.69) is 223 Å². The van der Waals surface area contributed by atoms with Crippen molar-refractivity contribution in [3.8, 4) is 44.5 Å². The molecule has 1 aromatic heterocycles. The van der Waals surface area contributed by atoms with Crippen molar-refractivity contribution in [3.63, 3.8) is 0 Å². The Kier molecular flexibility index (Phi) is 7.26. The summed E-state index contributed by atoms with van der Waals surface area (Å²) in [6, 6.07) is 82.4. The molecule has 0 atom stereocenters. The maximum Gasteiger partial charge on any atom is 0.136 e. The Morgan fingerprint density at radius 1 is 0.311 bits per heavy atom. The summed E-state index contributed by atoms with van der Waals surface area (Å²) >= 11 is 0. The standard InChI is InChI=1S/C59H37NO/c1-2-14-40-35-41(28-27-38(40)13-1)39-29-31-43(32-30-39)60(44-16-11-15-42(36-44)46-21-12-26-57-58(46)51-20-6-10-25-56(51)61-57)45-33-34-50-49-19-5-9-24-54(49)59(55(50)37-45)52-22-7-3-17-47(52)48-18-4-8-23-53(48)59/h1-37H. The maximum absolute atomic E-state index is 6.36. The number of para-hydroxylation sites is 1. The zero-order valence-electron chi connectivity index (χ0n) is 33.2. The number of anilines is 3. The van der Waals surface area contributed by atoms with Crippen LogP contribution in [0.2, 0.25) is 0 Å². The van der Waals surface area contributed by atoms with Gasteiger partial charge in [0.25, 0.3) is 0 Å². The van der Waals surface area contributed by atoms with Crippen molar-refractivity contribution in [2.24, 2.45) is 0 Å². The molecule has 61 heavy (non-hydrogen) atoms. The van der Waals surface area contributed by atoms with E-state index < -0.39 is 5.41 Å². The summed E-state index contributed by atoms with van der Waals surface area (Å²) < 4.78 is 6.36. The van der Waals surface area contributed by atoms with Gasteiger partial charge in [-0.05, 0) is 132 Å². The van der Waals surface area contributed by atoms with Gasteiger partial charge >= 0.3 is 0 Å². The summed E-state index contributed by atoms with van der Waals surface area (Å²) in [5.74, 6) is 0. The molecule has 2 heteroatoms. The Bertz CT molecular complexity index is 3490. The molecule has 0 bridgehead atoms. The van der Waals surface area contributed by atoms with Crippen LogP contribution in [-0.4, -0.2) is 0 Å². The Morgan fingerprint density at radius 3 is 1.62 bits per heavy atom. The Morgan fingerprint density at radius 2 is 0.869 bits per heavy atom. The molecule has 10 aromatic carbocycles. The van der Waals surface area contributed by atoms with Crippen molar-refractivity contribution in [3.05, 3.63) is 247 Å². The number of hydrogen-bond donors (Lipinski definition) is 0. The van der Waals surface area contributed by atoms with Crippen LogP contribution in [0.5, 0.6) is 0 Å². The molecular weight excluding hydrogens is 739 g/mol. The molecule has 0 saturated carbocycles. The lowest BCUT2D eigenvalue weighted by Crippen LogP contribution is -2.26. The van der Waals surface area contributed by atoms with Crippen LogP contribution in [0.15, 0.2) is 229 Å². The van der Waals surface area contributed by atoms with Gasteiger partial charge in [0.05, 0.1) is 5.41 Å². The molecule has 1 spiro atoms. The highest BCUT2D eigenvalue weighted by molar-refractivity contribution is 6.12. The number of benzene rings is 10. The van der Waals surface area contributed by atoms with Crippen molar-refractivity contribution in [1.29, 1.82) is 0 Å². The third kappa shape index (κ3) is 4.91. The van der Waals surface area contributed by atoms with Crippen molar-refractivity contribution in [2.75, 3.05) is 4.90 Å². The van der Waals surface area contributed by atoms with Gasteiger partial charge in [-0.15, -0.1) is 0 Å². The number of fused-ring (bicyclic) bond motifs is 14. The first kappa shape index (κ1) is 34.0. The summed E-state index contributed by atoms with van der Waals surface area (Å²) in [5.41, 5.74) is 19.8.